The first-order valence-corrected chi connectivity index (χ1v) is 7.39. The number of hydrogen-bond acceptors (Lipinski definition) is 5. The van der Waals surface area contributed by atoms with Crippen LogP contribution >= 0.6 is 35.0 Å². The summed E-state index contributed by atoms with van der Waals surface area (Å²) < 4.78 is 6.47. The molecule has 6 nitrogen and oxygen atoms in total. The largest absolute Gasteiger partial charge is 0.332 e. The monoisotopic (exact) mass is 419 g/mol. The van der Waals surface area contributed by atoms with E-state index in [1.807, 2.05) is 19.2 Å². The van der Waals surface area contributed by atoms with Crippen molar-refractivity contribution in [3.05, 3.63) is 27.6 Å². The van der Waals surface area contributed by atoms with Gasteiger partial charge in [-0.05, 0) is 54.8 Å². The third-order valence-electron chi connectivity index (χ3n) is 3.18. The zero-order valence-electron chi connectivity index (χ0n) is 11.6. The van der Waals surface area contributed by atoms with Crippen molar-refractivity contribution in [1.82, 2.24) is 25.7 Å². The molecule has 3 rings (SSSR count). The molecule has 0 aliphatic carbocycles. The number of nitrogens with one attached hydrogen (secondary N) is 2. The lowest BCUT2D eigenvalue weighted by Gasteiger charge is -2.04. The summed E-state index contributed by atoms with van der Waals surface area (Å²) in [5.41, 5.74) is 1.66. The van der Waals surface area contributed by atoms with E-state index in [4.69, 9.17) is 4.52 Å². The smallest absolute Gasteiger partial charge is 0.279 e. The van der Waals surface area contributed by atoms with Gasteiger partial charge < -0.3 is 9.84 Å². The molecule has 0 bridgehead atoms. The van der Waals surface area contributed by atoms with E-state index >= 15 is 0 Å². The minimum Gasteiger partial charge on any atom is -0.332 e. The van der Waals surface area contributed by atoms with Gasteiger partial charge in [-0.25, -0.2) is 0 Å². The quantitative estimate of drug-likeness (QED) is 0.636. The van der Waals surface area contributed by atoms with Crippen molar-refractivity contribution in [1.29, 1.82) is 0 Å². The van der Waals surface area contributed by atoms with E-state index in [1.54, 1.807) is 0 Å². The van der Waals surface area contributed by atoms with Crippen LogP contribution in [0.4, 0.5) is 0 Å². The minimum absolute atomic E-state index is 0. The second-order valence-electron chi connectivity index (χ2n) is 4.67. The molecule has 0 fully saturated rings. The maximum Gasteiger partial charge on any atom is 0.279 e. The lowest BCUT2D eigenvalue weighted by molar-refractivity contribution is 0.417. The Bertz CT molecular complexity index is 741. The van der Waals surface area contributed by atoms with Gasteiger partial charge in [-0.15, -0.1) is 12.4 Å². The van der Waals surface area contributed by atoms with Crippen LogP contribution in [0, 0.1) is 3.57 Å². The lowest BCUT2D eigenvalue weighted by atomic mass is 10.2. The van der Waals surface area contributed by atoms with E-state index in [9.17, 15) is 0 Å². The summed E-state index contributed by atoms with van der Waals surface area (Å²) in [7, 11) is 1.91. The zero-order valence-corrected chi connectivity index (χ0v) is 14.5. The molecule has 0 spiro atoms. The molecule has 1 aromatic carbocycles. The summed E-state index contributed by atoms with van der Waals surface area (Å²) in [5.74, 6) is 1.14. The summed E-state index contributed by atoms with van der Waals surface area (Å²) in [6, 6.07) is 6.37. The van der Waals surface area contributed by atoms with Gasteiger partial charge in [0.25, 0.3) is 5.89 Å². The van der Waals surface area contributed by atoms with E-state index in [1.165, 1.54) is 0 Å². The van der Waals surface area contributed by atoms with Gasteiger partial charge in [-0.1, -0.05) is 5.16 Å². The molecule has 112 valence electrons. The van der Waals surface area contributed by atoms with E-state index in [2.05, 4.69) is 61.2 Å². The summed E-state index contributed by atoms with van der Waals surface area (Å²) in [6.07, 6.45) is 0.722. The fourth-order valence-corrected chi connectivity index (χ4v) is 2.45. The molecule has 2 heterocycles. The first-order chi connectivity index (χ1) is 9.67. The van der Waals surface area contributed by atoms with Crippen molar-refractivity contribution in [2.75, 3.05) is 7.05 Å². The second kappa shape index (κ2) is 6.71. The van der Waals surface area contributed by atoms with E-state index in [0.29, 0.717) is 23.5 Å². The van der Waals surface area contributed by atoms with Crippen molar-refractivity contribution in [2.24, 2.45) is 0 Å². The van der Waals surface area contributed by atoms with E-state index in [-0.39, 0.29) is 12.4 Å². The van der Waals surface area contributed by atoms with Crippen LogP contribution < -0.4 is 5.32 Å². The van der Waals surface area contributed by atoms with Crippen LogP contribution in [0.3, 0.4) is 0 Å². The number of fused-ring (bicyclic) bond motifs is 1. The van der Waals surface area contributed by atoms with Crippen molar-refractivity contribution in [3.63, 3.8) is 0 Å². The Kier molecular flexibility index (Phi) is 5.17. The van der Waals surface area contributed by atoms with Crippen molar-refractivity contribution < 1.29 is 4.52 Å². The van der Waals surface area contributed by atoms with Crippen molar-refractivity contribution in [2.45, 2.75) is 19.4 Å². The van der Waals surface area contributed by atoms with Crippen LogP contribution in [0.1, 0.15) is 12.7 Å². The Morgan fingerprint density at radius 2 is 2.24 bits per heavy atom. The Balaban J connectivity index is 0.00000161. The Labute approximate surface area is 141 Å². The molecule has 21 heavy (non-hydrogen) atoms. The van der Waals surface area contributed by atoms with E-state index in [0.717, 1.165) is 20.9 Å². The normalized spacial score (nSPS) is 12.3. The molecule has 1 atom stereocenters. The van der Waals surface area contributed by atoms with Gasteiger partial charge >= 0.3 is 0 Å². The van der Waals surface area contributed by atoms with E-state index < -0.39 is 0 Å². The summed E-state index contributed by atoms with van der Waals surface area (Å²) >= 11 is 2.27. The average Bonchev–Trinajstić information content (AvgIpc) is 3.04. The highest BCUT2D eigenvalue weighted by molar-refractivity contribution is 14.1. The maximum absolute atomic E-state index is 5.33. The number of rotatable bonds is 4. The molecule has 3 aromatic rings. The predicted molar refractivity (Wildman–Crippen MR) is 91.6 cm³/mol. The number of aromatic amines is 1. The van der Waals surface area contributed by atoms with Crippen molar-refractivity contribution >= 4 is 45.9 Å². The zero-order chi connectivity index (χ0) is 14.1. The third kappa shape index (κ3) is 3.35. The minimum atomic E-state index is 0. The highest BCUT2D eigenvalue weighted by Gasteiger charge is 2.16. The number of halogens is 2. The standard InChI is InChI=1S/C13H14IN5O.ClH/c1-7(15-2)5-11-16-13(20-19-11)12-9-6-8(14)3-4-10(9)17-18-12;/h3-4,6-7,15H,5H2,1-2H3,(H,17,18);1H. The lowest BCUT2D eigenvalue weighted by Crippen LogP contribution is -2.24. The molecular weight excluding hydrogens is 405 g/mol. The van der Waals surface area contributed by atoms with Gasteiger partial charge in [0.15, 0.2) is 11.5 Å². The maximum atomic E-state index is 5.33. The fraction of sp³-hybridized carbons (Fsp3) is 0.308. The van der Waals surface area contributed by atoms with Crippen LogP contribution in [-0.2, 0) is 6.42 Å². The number of aromatic nitrogens is 4. The highest BCUT2D eigenvalue weighted by Crippen LogP contribution is 2.26. The van der Waals surface area contributed by atoms with Gasteiger partial charge in [0.2, 0.25) is 0 Å². The number of benzene rings is 1. The fourth-order valence-electron chi connectivity index (χ4n) is 1.96. The highest BCUT2D eigenvalue weighted by atomic mass is 127. The van der Waals surface area contributed by atoms with Crippen LogP contribution in [-0.4, -0.2) is 33.4 Å². The third-order valence-corrected chi connectivity index (χ3v) is 3.85. The average molecular weight is 420 g/mol. The second-order valence-corrected chi connectivity index (χ2v) is 5.92. The number of H-pyrrole nitrogens is 1. The first kappa shape index (κ1) is 16.2. The molecule has 0 amide bonds. The van der Waals surface area contributed by atoms with Crippen LogP contribution in [0.5, 0.6) is 0 Å². The molecule has 2 aromatic heterocycles. The van der Waals surface area contributed by atoms with Gasteiger partial charge in [0.05, 0.1) is 5.52 Å². The SMILES string of the molecule is CNC(C)Cc1noc(-c2n[nH]c3ccc(I)cc23)n1.Cl. The topological polar surface area (TPSA) is 79.6 Å². The summed E-state index contributed by atoms with van der Waals surface area (Å²) in [6.45, 7) is 2.07. The van der Waals surface area contributed by atoms with Crippen LogP contribution in [0.25, 0.3) is 22.5 Å². The van der Waals surface area contributed by atoms with Crippen LogP contribution in [0.2, 0.25) is 0 Å². The molecule has 0 aliphatic rings. The van der Waals surface area contributed by atoms with Gasteiger partial charge in [-0.2, -0.15) is 10.1 Å². The molecular formula is C13H15ClIN5O. The molecule has 0 saturated carbocycles. The molecule has 0 saturated heterocycles. The van der Waals surface area contributed by atoms with Gasteiger partial charge in [0.1, 0.15) is 0 Å². The van der Waals surface area contributed by atoms with Gasteiger partial charge in [-0.3, -0.25) is 5.10 Å². The summed E-state index contributed by atoms with van der Waals surface area (Å²) in [4.78, 5) is 4.42. The molecule has 1 unspecified atom stereocenters. The molecule has 0 aliphatic heterocycles. The Morgan fingerprint density at radius 3 is 3.00 bits per heavy atom. The summed E-state index contributed by atoms with van der Waals surface area (Å²) in [5, 5.41) is 15.4. The van der Waals surface area contributed by atoms with Crippen LogP contribution in [0.15, 0.2) is 22.7 Å². The molecule has 0 radical (unpaired) electrons. The molecule has 8 heteroatoms. The number of likely N-dealkylation sites (N-methyl/N-ethyl adjacent to an activating group) is 1. The number of nitrogens with zero attached hydrogens (tertiary/aromatic N) is 3. The first-order valence-electron chi connectivity index (χ1n) is 6.31. The Hall–Kier alpha value is -1.19. The number of hydrogen-bond donors (Lipinski definition) is 2. The Morgan fingerprint density at radius 1 is 1.43 bits per heavy atom. The van der Waals surface area contributed by atoms with Crippen molar-refractivity contribution in [3.8, 4) is 11.6 Å². The predicted octanol–water partition coefficient (Wildman–Crippen LogP) is 2.79. The molecule has 2 N–H and O–H groups in total. The van der Waals surface area contributed by atoms with Gasteiger partial charge in [0, 0.05) is 21.4 Å².